The van der Waals surface area contributed by atoms with Crippen molar-refractivity contribution in [3.05, 3.63) is 44.0 Å². The predicted molar refractivity (Wildman–Crippen MR) is 54.0 cm³/mol. The van der Waals surface area contributed by atoms with Crippen molar-refractivity contribution in [2.45, 2.75) is 0 Å². The molecule has 0 unspecified atom stereocenters. The third-order valence-corrected chi connectivity index (χ3v) is 2.06. The van der Waals surface area contributed by atoms with Crippen LogP contribution in [0, 0.1) is 10.1 Å². The standard InChI is InChI=1S/C8H4ClN3O3/c9-8-10-4-2-1-3-5(12(14)15)6(4)7(13)11-8/h1-3H,(H,10,11,13). The van der Waals surface area contributed by atoms with Crippen LogP contribution < -0.4 is 5.56 Å². The lowest BCUT2D eigenvalue weighted by Crippen LogP contribution is -2.09. The third kappa shape index (κ3) is 1.55. The summed E-state index contributed by atoms with van der Waals surface area (Å²) < 4.78 is 0. The lowest BCUT2D eigenvalue weighted by molar-refractivity contribution is -0.383. The van der Waals surface area contributed by atoms with Crippen LogP contribution in [0.15, 0.2) is 23.0 Å². The lowest BCUT2D eigenvalue weighted by atomic mass is 10.2. The highest BCUT2D eigenvalue weighted by molar-refractivity contribution is 6.28. The molecule has 6 nitrogen and oxygen atoms in total. The maximum Gasteiger partial charge on any atom is 0.284 e. The number of nitro benzene ring substituents is 1. The van der Waals surface area contributed by atoms with Gasteiger partial charge in [-0.05, 0) is 17.7 Å². The van der Waals surface area contributed by atoms with Crippen molar-refractivity contribution in [3.8, 4) is 0 Å². The van der Waals surface area contributed by atoms with Crippen LogP contribution in [0.25, 0.3) is 10.9 Å². The highest BCUT2D eigenvalue weighted by atomic mass is 35.5. The van der Waals surface area contributed by atoms with E-state index in [0.717, 1.165) is 0 Å². The van der Waals surface area contributed by atoms with E-state index in [4.69, 9.17) is 11.6 Å². The van der Waals surface area contributed by atoms with E-state index in [1.165, 1.54) is 18.2 Å². The third-order valence-electron chi connectivity index (χ3n) is 1.88. The summed E-state index contributed by atoms with van der Waals surface area (Å²) >= 11 is 5.52. The van der Waals surface area contributed by atoms with E-state index in [1.54, 1.807) is 0 Å². The van der Waals surface area contributed by atoms with E-state index < -0.39 is 10.5 Å². The first-order valence-electron chi connectivity index (χ1n) is 3.92. The maximum absolute atomic E-state index is 11.4. The molecule has 0 spiro atoms. The molecule has 0 aliphatic carbocycles. The van der Waals surface area contributed by atoms with Gasteiger partial charge in [-0.25, -0.2) is 4.98 Å². The Hall–Kier alpha value is -1.95. The molecule has 0 radical (unpaired) electrons. The average Bonchev–Trinajstić information content (AvgIpc) is 2.16. The van der Waals surface area contributed by atoms with Crippen molar-refractivity contribution in [3.63, 3.8) is 0 Å². The zero-order valence-corrected chi connectivity index (χ0v) is 7.99. The van der Waals surface area contributed by atoms with E-state index in [-0.39, 0.29) is 21.9 Å². The SMILES string of the molecule is O=c1[nH]c(Cl)nc2cccc([N+](=O)[O-])c12. The Morgan fingerprint density at radius 3 is 2.87 bits per heavy atom. The fourth-order valence-corrected chi connectivity index (χ4v) is 1.47. The summed E-state index contributed by atoms with van der Waals surface area (Å²) in [6.45, 7) is 0. The molecule has 1 aromatic heterocycles. The molecule has 0 saturated heterocycles. The number of nitrogens with zero attached hydrogens (tertiary/aromatic N) is 2. The van der Waals surface area contributed by atoms with Crippen molar-refractivity contribution in [1.29, 1.82) is 0 Å². The first-order chi connectivity index (χ1) is 7.09. The predicted octanol–water partition coefficient (Wildman–Crippen LogP) is 1.48. The zero-order chi connectivity index (χ0) is 11.0. The fourth-order valence-electron chi connectivity index (χ4n) is 1.30. The van der Waals surface area contributed by atoms with Crippen molar-refractivity contribution in [2.75, 3.05) is 0 Å². The number of nitro groups is 1. The van der Waals surface area contributed by atoms with Gasteiger partial charge in [-0.1, -0.05) is 6.07 Å². The van der Waals surface area contributed by atoms with E-state index in [1.807, 2.05) is 0 Å². The Labute approximate surface area is 87.7 Å². The minimum Gasteiger partial charge on any atom is -0.296 e. The normalized spacial score (nSPS) is 10.5. The smallest absolute Gasteiger partial charge is 0.284 e. The summed E-state index contributed by atoms with van der Waals surface area (Å²) in [5.74, 6) is 0. The Morgan fingerprint density at radius 1 is 1.47 bits per heavy atom. The molecule has 0 amide bonds. The quantitative estimate of drug-likeness (QED) is 0.452. The summed E-state index contributed by atoms with van der Waals surface area (Å²) in [5, 5.41) is 10.5. The molecule has 0 bridgehead atoms. The Kier molecular flexibility index (Phi) is 2.12. The first-order valence-corrected chi connectivity index (χ1v) is 4.30. The Bertz CT molecular complexity index is 608. The number of rotatable bonds is 1. The molecule has 2 rings (SSSR count). The molecule has 7 heteroatoms. The van der Waals surface area contributed by atoms with Gasteiger partial charge in [0.25, 0.3) is 11.2 Å². The number of fused-ring (bicyclic) bond motifs is 1. The van der Waals surface area contributed by atoms with Gasteiger partial charge in [-0.15, -0.1) is 0 Å². The summed E-state index contributed by atoms with van der Waals surface area (Å²) in [7, 11) is 0. The largest absolute Gasteiger partial charge is 0.296 e. The molecule has 0 aliphatic rings. The molecule has 1 N–H and O–H groups in total. The summed E-state index contributed by atoms with van der Waals surface area (Å²) in [5.41, 5.74) is -0.687. The van der Waals surface area contributed by atoms with Gasteiger partial charge in [0.15, 0.2) is 0 Å². The second-order valence-electron chi connectivity index (χ2n) is 2.79. The number of aromatic nitrogens is 2. The zero-order valence-electron chi connectivity index (χ0n) is 7.23. The molecule has 0 saturated carbocycles. The average molecular weight is 226 g/mol. The highest BCUT2D eigenvalue weighted by Crippen LogP contribution is 2.20. The van der Waals surface area contributed by atoms with Gasteiger partial charge in [0.05, 0.1) is 10.4 Å². The summed E-state index contributed by atoms with van der Waals surface area (Å²) in [6.07, 6.45) is 0. The minimum atomic E-state index is -0.632. The molecule has 76 valence electrons. The second-order valence-corrected chi connectivity index (χ2v) is 3.14. The molecule has 2 aromatic rings. The lowest BCUT2D eigenvalue weighted by Gasteiger charge is -1.97. The van der Waals surface area contributed by atoms with Crippen molar-refractivity contribution < 1.29 is 4.92 Å². The van der Waals surface area contributed by atoms with Crippen LogP contribution in [-0.2, 0) is 0 Å². The summed E-state index contributed by atoms with van der Waals surface area (Å²) in [4.78, 5) is 27.4. The van der Waals surface area contributed by atoms with E-state index >= 15 is 0 Å². The van der Waals surface area contributed by atoms with Crippen LogP contribution in [-0.4, -0.2) is 14.9 Å². The van der Waals surface area contributed by atoms with E-state index in [9.17, 15) is 14.9 Å². The van der Waals surface area contributed by atoms with Crippen LogP contribution in [0.3, 0.4) is 0 Å². The van der Waals surface area contributed by atoms with Gasteiger partial charge in [-0.3, -0.25) is 19.9 Å². The molecular formula is C8H4ClN3O3. The van der Waals surface area contributed by atoms with E-state index in [2.05, 4.69) is 9.97 Å². The van der Waals surface area contributed by atoms with Gasteiger partial charge in [0, 0.05) is 6.07 Å². The monoisotopic (exact) mass is 225 g/mol. The minimum absolute atomic E-state index is 0.0631. The topological polar surface area (TPSA) is 88.9 Å². The van der Waals surface area contributed by atoms with Gasteiger partial charge in [0.1, 0.15) is 5.39 Å². The Balaban J connectivity index is 2.98. The molecule has 0 fully saturated rings. The molecule has 1 aromatic carbocycles. The van der Waals surface area contributed by atoms with E-state index in [0.29, 0.717) is 0 Å². The highest BCUT2D eigenvalue weighted by Gasteiger charge is 2.15. The molecule has 1 heterocycles. The number of halogens is 1. The Morgan fingerprint density at radius 2 is 2.20 bits per heavy atom. The number of hydrogen-bond acceptors (Lipinski definition) is 4. The number of hydrogen-bond donors (Lipinski definition) is 1. The second kappa shape index (κ2) is 3.32. The van der Waals surface area contributed by atoms with Gasteiger partial charge in [-0.2, -0.15) is 0 Å². The number of non-ortho nitro benzene ring substituents is 1. The fraction of sp³-hybridized carbons (Fsp3) is 0. The van der Waals surface area contributed by atoms with Gasteiger partial charge < -0.3 is 0 Å². The molecular weight excluding hydrogens is 222 g/mol. The maximum atomic E-state index is 11.4. The first kappa shape index (κ1) is 9.60. The van der Waals surface area contributed by atoms with Crippen molar-refractivity contribution >= 4 is 28.2 Å². The van der Waals surface area contributed by atoms with Crippen LogP contribution in [0.2, 0.25) is 5.28 Å². The van der Waals surface area contributed by atoms with Crippen LogP contribution in [0.1, 0.15) is 0 Å². The van der Waals surface area contributed by atoms with Crippen molar-refractivity contribution in [2.24, 2.45) is 0 Å². The van der Waals surface area contributed by atoms with Crippen LogP contribution in [0.4, 0.5) is 5.69 Å². The summed E-state index contributed by atoms with van der Waals surface area (Å²) in [6, 6.07) is 4.18. The van der Waals surface area contributed by atoms with Gasteiger partial charge >= 0.3 is 0 Å². The molecule has 0 aliphatic heterocycles. The number of benzene rings is 1. The molecule has 15 heavy (non-hydrogen) atoms. The number of aromatic amines is 1. The van der Waals surface area contributed by atoms with Gasteiger partial charge in [0.2, 0.25) is 5.28 Å². The molecule has 0 atom stereocenters. The van der Waals surface area contributed by atoms with Crippen LogP contribution >= 0.6 is 11.6 Å². The number of H-pyrrole nitrogens is 1. The number of nitrogens with one attached hydrogen (secondary N) is 1. The van der Waals surface area contributed by atoms with Crippen LogP contribution in [0.5, 0.6) is 0 Å². The van der Waals surface area contributed by atoms with Crippen molar-refractivity contribution in [1.82, 2.24) is 9.97 Å².